The number of nitrogens with one attached hydrogen (secondary N) is 2. The summed E-state index contributed by atoms with van der Waals surface area (Å²) in [6.45, 7) is 20.2. The Balaban J connectivity index is 0.000000331. The minimum absolute atomic E-state index is 0.0411. The van der Waals surface area contributed by atoms with Crippen molar-refractivity contribution in [2.45, 2.75) is 132 Å². The van der Waals surface area contributed by atoms with Gasteiger partial charge in [-0.15, -0.1) is 0 Å². The normalized spacial score (nSPS) is 12.8. The number of hydrogen-bond acceptors (Lipinski definition) is 2. The molecule has 0 spiro atoms. The molecule has 1 aliphatic rings. The maximum atomic E-state index is 12.1. The summed E-state index contributed by atoms with van der Waals surface area (Å²) in [6, 6.07) is 16.4. The number of nitrogens with zero attached hydrogens (tertiary/aromatic N) is 2. The van der Waals surface area contributed by atoms with E-state index < -0.39 is 0 Å². The van der Waals surface area contributed by atoms with E-state index in [2.05, 4.69) is 10.6 Å². The number of aryl methyl sites for hydroxylation is 2. The molecule has 2 aromatic rings. The SMILES string of the molecule is C1CCCCC1.Cc1cccc(NC(=O)N(C(C)C)C(C)C)c1.Cc1cccc(NC(=O)N(C(C)C)C(C)C)c1. The fourth-order valence-electron chi connectivity index (χ4n) is 5.01. The molecule has 2 N–H and O–H groups in total. The first-order chi connectivity index (χ1) is 18.8. The topological polar surface area (TPSA) is 64.7 Å². The molecule has 0 radical (unpaired) electrons. The van der Waals surface area contributed by atoms with E-state index in [-0.39, 0.29) is 36.2 Å². The Bertz CT molecular complexity index is 909. The summed E-state index contributed by atoms with van der Waals surface area (Å²) in [6.07, 6.45) is 9.00. The Morgan fingerprint density at radius 2 is 0.825 bits per heavy atom. The van der Waals surface area contributed by atoms with Crippen molar-refractivity contribution in [3.8, 4) is 0 Å². The van der Waals surface area contributed by atoms with Gasteiger partial charge in [-0.05, 0) is 105 Å². The van der Waals surface area contributed by atoms with E-state index in [1.807, 2.05) is 128 Å². The summed E-state index contributed by atoms with van der Waals surface area (Å²) in [5, 5.41) is 5.86. The predicted octanol–water partition coefficient (Wildman–Crippen LogP) is 9.63. The zero-order valence-corrected chi connectivity index (χ0v) is 26.9. The molecule has 0 heterocycles. The highest BCUT2D eigenvalue weighted by atomic mass is 16.2. The van der Waals surface area contributed by atoms with Gasteiger partial charge in [0.1, 0.15) is 0 Å². The van der Waals surface area contributed by atoms with Crippen LogP contribution in [-0.2, 0) is 0 Å². The van der Waals surface area contributed by atoms with Gasteiger partial charge in [0.25, 0.3) is 0 Å². The van der Waals surface area contributed by atoms with E-state index in [4.69, 9.17) is 0 Å². The number of carbonyl (C=O) groups excluding carboxylic acids is 2. The van der Waals surface area contributed by atoms with Crippen LogP contribution in [0.5, 0.6) is 0 Å². The molecule has 0 aliphatic heterocycles. The van der Waals surface area contributed by atoms with Crippen LogP contribution in [0.2, 0.25) is 0 Å². The Morgan fingerprint density at radius 3 is 1.05 bits per heavy atom. The van der Waals surface area contributed by atoms with Gasteiger partial charge in [0.2, 0.25) is 0 Å². The fraction of sp³-hybridized carbons (Fsp3) is 0.588. The largest absolute Gasteiger partial charge is 0.322 e. The van der Waals surface area contributed by atoms with Crippen molar-refractivity contribution in [3.05, 3.63) is 59.7 Å². The second-order valence-corrected chi connectivity index (χ2v) is 11.9. The molecule has 0 atom stereocenters. The zero-order valence-electron chi connectivity index (χ0n) is 26.9. The third-order valence-electron chi connectivity index (χ3n) is 6.73. The lowest BCUT2D eigenvalue weighted by molar-refractivity contribution is 0.177. The Morgan fingerprint density at radius 1 is 0.550 bits per heavy atom. The lowest BCUT2D eigenvalue weighted by Crippen LogP contribution is -2.44. The van der Waals surface area contributed by atoms with Crippen LogP contribution in [0.1, 0.15) is 105 Å². The first kappa shape index (κ1) is 35.0. The first-order valence-electron chi connectivity index (χ1n) is 15.1. The third kappa shape index (κ3) is 13.4. The zero-order chi connectivity index (χ0) is 30.2. The van der Waals surface area contributed by atoms with Gasteiger partial charge in [0.15, 0.2) is 0 Å². The Hall–Kier alpha value is -3.02. The van der Waals surface area contributed by atoms with Crippen LogP contribution in [0.25, 0.3) is 0 Å². The minimum Gasteiger partial charge on any atom is -0.320 e. The number of urea groups is 2. The van der Waals surface area contributed by atoms with Crippen molar-refractivity contribution in [3.63, 3.8) is 0 Å². The van der Waals surface area contributed by atoms with Crippen LogP contribution in [-0.4, -0.2) is 46.0 Å². The summed E-state index contributed by atoms with van der Waals surface area (Å²) >= 11 is 0. The molecule has 4 amide bonds. The Kier molecular flexibility index (Phi) is 16.1. The molecule has 6 heteroatoms. The van der Waals surface area contributed by atoms with E-state index in [0.717, 1.165) is 22.5 Å². The highest BCUT2D eigenvalue weighted by Crippen LogP contribution is 2.16. The molecule has 224 valence electrons. The average molecular weight is 553 g/mol. The van der Waals surface area contributed by atoms with E-state index >= 15 is 0 Å². The second kappa shape index (κ2) is 18.4. The summed E-state index contributed by atoms with van der Waals surface area (Å²) in [7, 11) is 0. The molecule has 1 saturated carbocycles. The third-order valence-corrected chi connectivity index (χ3v) is 6.73. The number of hydrogen-bond donors (Lipinski definition) is 2. The molecular weight excluding hydrogens is 496 g/mol. The molecule has 40 heavy (non-hydrogen) atoms. The van der Waals surface area contributed by atoms with Gasteiger partial charge >= 0.3 is 12.1 Å². The monoisotopic (exact) mass is 552 g/mol. The van der Waals surface area contributed by atoms with Crippen LogP contribution >= 0.6 is 0 Å². The summed E-state index contributed by atoms with van der Waals surface area (Å²) in [5.41, 5.74) is 3.98. The van der Waals surface area contributed by atoms with Gasteiger partial charge in [-0.25, -0.2) is 9.59 Å². The summed E-state index contributed by atoms with van der Waals surface area (Å²) < 4.78 is 0. The molecule has 0 bridgehead atoms. The molecular formula is C34H56N4O2. The van der Waals surface area contributed by atoms with Crippen LogP contribution < -0.4 is 10.6 Å². The summed E-state index contributed by atoms with van der Waals surface area (Å²) in [5.74, 6) is 0. The van der Waals surface area contributed by atoms with Crippen LogP contribution in [0, 0.1) is 13.8 Å². The van der Waals surface area contributed by atoms with Gasteiger partial charge in [0, 0.05) is 35.5 Å². The number of carbonyl (C=O) groups is 2. The van der Waals surface area contributed by atoms with Crippen LogP contribution in [0.15, 0.2) is 48.5 Å². The van der Waals surface area contributed by atoms with Gasteiger partial charge < -0.3 is 20.4 Å². The summed E-state index contributed by atoms with van der Waals surface area (Å²) in [4.78, 5) is 27.9. The maximum absolute atomic E-state index is 12.1. The molecule has 2 aromatic carbocycles. The number of benzene rings is 2. The standard InChI is InChI=1S/2C14H22N2O.C6H12/c2*1-10(2)16(11(3)4)14(17)15-13-8-6-7-12(5)9-13;1-2-4-6-5-3-1/h2*6-11H,1-5H3,(H,15,17);1-6H2. The van der Waals surface area contributed by atoms with Gasteiger partial charge in [-0.1, -0.05) is 62.8 Å². The lowest BCUT2D eigenvalue weighted by Gasteiger charge is -2.30. The highest BCUT2D eigenvalue weighted by molar-refractivity contribution is 5.90. The molecule has 0 unspecified atom stereocenters. The first-order valence-corrected chi connectivity index (χ1v) is 15.1. The molecule has 1 aliphatic carbocycles. The van der Waals surface area contributed by atoms with Crippen molar-refractivity contribution >= 4 is 23.4 Å². The molecule has 1 fully saturated rings. The maximum Gasteiger partial charge on any atom is 0.322 e. The Labute approximate surface area is 244 Å². The van der Waals surface area contributed by atoms with Crippen molar-refractivity contribution in [2.24, 2.45) is 0 Å². The highest BCUT2D eigenvalue weighted by Gasteiger charge is 2.20. The van der Waals surface area contributed by atoms with Crippen molar-refractivity contribution < 1.29 is 9.59 Å². The van der Waals surface area contributed by atoms with Crippen LogP contribution in [0.4, 0.5) is 21.0 Å². The van der Waals surface area contributed by atoms with Gasteiger partial charge in [-0.3, -0.25) is 0 Å². The van der Waals surface area contributed by atoms with E-state index in [0.29, 0.717) is 0 Å². The molecule has 3 rings (SSSR count). The van der Waals surface area contributed by atoms with Gasteiger partial charge in [0.05, 0.1) is 0 Å². The predicted molar refractivity (Wildman–Crippen MR) is 172 cm³/mol. The van der Waals surface area contributed by atoms with E-state index in [1.165, 1.54) is 38.5 Å². The van der Waals surface area contributed by atoms with Crippen molar-refractivity contribution in [1.29, 1.82) is 0 Å². The van der Waals surface area contributed by atoms with Crippen molar-refractivity contribution in [1.82, 2.24) is 9.80 Å². The van der Waals surface area contributed by atoms with E-state index in [9.17, 15) is 9.59 Å². The number of anilines is 2. The van der Waals surface area contributed by atoms with Gasteiger partial charge in [-0.2, -0.15) is 0 Å². The van der Waals surface area contributed by atoms with Crippen molar-refractivity contribution in [2.75, 3.05) is 10.6 Å². The fourth-order valence-corrected chi connectivity index (χ4v) is 5.01. The van der Waals surface area contributed by atoms with Crippen LogP contribution in [0.3, 0.4) is 0 Å². The second-order valence-electron chi connectivity index (χ2n) is 11.9. The number of amides is 4. The minimum atomic E-state index is -0.0411. The average Bonchev–Trinajstić information content (AvgIpc) is 2.85. The molecule has 6 nitrogen and oxygen atoms in total. The molecule has 0 aromatic heterocycles. The number of rotatable bonds is 6. The van der Waals surface area contributed by atoms with E-state index in [1.54, 1.807) is 0 Å². The smallest absolute Gasteiger partial charge is 0.320 e. The molecule has 0 saturated heterocycles. The lowest BCUT2D eigenvalue weighted by atomic mass is 10.0. The quantitative estimate of drug-likeness (QED) is 0.375.